The number of nitrogens with one attached hydrogen (secondary N) is 1. The van der Waals surface area contributed by atoms with Crippen LogP contribution in [0.1, 0.15) is 46.5 Å². The number of ether oxygens (including phenoxy) is 1. The Kier molecular flexibility index (Phi) is 7.36. The fourth-order valence-electron chi connectivity index (χ4n) is 4.84. The van der Waals surface area contributed by atoms with Gasteiger partial charge in [0, 0.05) is 25.1 Å². The number of alkyl halides is 3. The molecule has 0 saturated carbocycles. The van der Waals surface area contributed by atoms with Crippen LogP contribution in [0.15, 0.2) is 40.3 Å². The summed E-state index contributed by atoms with van der Waals surface area (Å²) >= 11 is 1.30. The monoisotopic (exact) mass is 518 g/mol. The molecule has 1 N–H and O–H groups in total. The molecule has 3 aromatic rings. The number of H-pyrrole nitrogens is 1. The van der Waals surface area contributed by atoms with E-state index >= 15 is 0 Å². The molecule has 0 saturated heterocycles. The Hall–Kier alpha value is -3.01. The topological polar surface area (TPSA) is 71.1 Å². The van der Waals surface area contributed by atoms with Gasteiger partial charge >= 0.3 is 6.18 Å². The van der Waals surface area contributed by atoms with Crippen molar-refractivity contribution in [1.29, 1.82) is 0 Å². The Morgan fingerprint density at radius 1 is 1.19 bits per heavy atom. The molecule has 6 nitrogen and oxygen atoms in total. The molecule has 0 amide bonds. The molecule has 2 atom stereocenters. The highest BCUT2D eigenvalue weighted by molar-refractivity contribution is 7.98. The molecule has 36 heavy (non-hydrogen) atoms. The maximum Gasteiger partial charge on any atom is 0.418 e. The molecule has 2 aromatic heterocycles. The molecule has 0 spiro atoms. The second-order valence-electron chi connectivity index (χ2n) is 9.25. The molecule has 0 fully saturated rings. The van der Waals surface area contributed by atoms with Crippen molar-refractivity contribution >= 4 is 17.6 Å². The third-order valence-electron chi connectivity index (χ3n) is 6.73. The number of halogens is 3. The van der Waals surface area contributed by atoms with Crippen molar-refractivity contribution in [3.05, 3.63) is 74.3 Å². The van der Waals surface area contributed by atoms with Gasteiger partial charge in [0.15, 0.2) is 5.16 Å². The molecular weight excluding hydrogens is 489 g/mol. The minimum absolute atomic E-state index is 0.0185. The summed E-state index contributed by atoms with van der Waals surface area (Å²) in [5.41, 5.74) is 1.32. The van der Waals surface area contributed by atoms with E-state index in [4.69, 9.17) is 4.74 Å². The smallest absolute Gasteiger partial charge is 0.418 e. The minimum Gasteiger partial charge on any atom is -0.497 e. The zero-order valence-corrected chi connectivity index (χ0v) is 21.7. The third kappa shape index (κ3) is 5.23. The van der Waals surface area contributed by atoms with Gasteiger partial charge in [-0.25, -0.2) is 9.97 Å². The first-order valence-corrected chi connectivity index (χ1v) is 12.8. The van der Waals surface area contributed by atoms with Crippen LogP contribution in [0.3, 0.4) is 0 Å². The predicted molar refractivity (Wildman–Crippen MR) is 135 cm³/mol. The summed E-state index contributed by atoms with van der Waals surface area (Å²) in [6, 6.07) is 9.02. The number of thioether (sulfide) groups is 1. The van der Waals surface area contributed by atoms with Gasteiger partial charge in [0.1, 0.15) is 11.6 Å². The molecule has 10 heteroatoms. The number of aryl methyl sites for hydroxylation is 1. The van der Waals surface area contributed by atoms with Gasteiger partial charge in [0.2, 0.25) is 0 Å². The van der Waals surface area contributed by atoms with Crippen molar-refractivity contribution < 1.29 is 17.9 Å². The van der Waals surface area contributed by atoms with E-state index in [1.165, 1.54) is 24.8 Å². The van der Waals surface area contributed by atoms with Crippen LogP contribution in [-0.2, 0) is 25.6 Å². The van der Waals surface area contributed by atoms with E-state index in [1.54, 1.807) is 13.4 Å². The Bertz CT molecular complexity index is 1310. The minimum atomic E-state index is -4.55. The highest BCUT2D eigenvalue weighted by Crippen LogP contribution is 2.43. The fourth-order valence-corrected chi connectivity index (χ4v) is 5.23. The number of rotatable bonds is 6. The maximum absolute atomic E-state index is 14.3. The second kappa shape index (κ2) is 10.2. The summed E-state index contributed by atoms with van der Waals surface area (Å²) in [5.74, 6) is 0.464. The van der Waals surface area contributed by atoms with Gasteiger partial charge in [0.05, 0.1) is 24.1 Å². The van der Waals surface area contributed by atoms with E-state index in [0.717, 1.165) is 11.3 Å². The lowest BCUT2D eigenvalue weighted by Gasteiger charge is -2.32. The van der Waals surface area contributed by atoms with Crippen molar-refractivity contribution in [2.75, 3.05) is 25.3 Å². The average Bonchev–Trinajstić information content (AvgIpc) is 2.83. The highest BCUT2D eigenvalue weighted by Gasteiger charge is 2.41. The van der Waals surface area contributed by atoms with Crippen LogP contribution in [-0.4, -0.2) is 35.4 Å². The molecule has 0 bridgehead atoms. The standard InChI is InChI=1S/C26H29F3N4O2S/c1-14-10-19-20(30-25(36-5)32-24(19)34)12-18(14)23-22(26(27,28)29)15(2)11-21(31-23)33(3)13-16-6-8-17(35-4)9-7-16/h6-9,11,14,18H,10,12-13H2,1-5H3,(H,30,32,34). The predicted octanol–water partition coefficient (Wildman–Crippen LogP) is 5.38. The SMILES string of the molecule is COc1ccc(CN(C)c2cc(C)c(C(F)(F)F)c(C3Cc4nc(SC)[nH]c(=O)c4CC3C)n2)cc1. The number of pyridine rings is 1. The van der Waals surface area contributed by atoms with Gasteiger partial charge in [-0.1, -0.05) is 30.8 Å². The molecule has 0 aliphatic heterocycles. The number of hydrogen-bond acceptors (Lipinski definition) is 6. The van der Waals surface area contributed by atoms with Crippen molar-refractivity contribution in [1.82, 2.24) is 15.0 Å². The number of nitrogens with zero attached hydrogens (tertiary/aromatic N) is 3. The number of aromatic amines is 1. The van der Waals surface area contributed by atoms with Crippen molar-refractivity contribution in [2.45, 2.75) is 50.5 Å². The zero-order valence-electron chi connectivity index (χ0n) is 20.9. The fraction of sp³-hybridized carbons (Fsp3) is 0.423. The van der Waals surface area contributed by atoms with Crippen LogP contribution in [0.2, 0.25) is 0 Å². The van der Waals surface area contributed by atoms with Crippen LogP contribution in [0.25, 0.3) is 0 Å². The van der Waals surface area contributed by atoms with Gasteiger partial charge in [-0.15, -0.1) is 0 Å². The lowest BCUT2D eigenvalue weighted by Crippen LogP contribution is -2.32. The van der Waals surface area contributed by atoms with Gasteiger partial charge < -0.3 is 14.6 Å². The number of fused-ring (bicyclic) bond motifs is 1. The Morgan fingerprint density at radius 3 is 2.50 bits per heavy atom. The number of hydrogen-bond donors (Lipinski definition) is 1. The number of methoxy groups -OCH3 is 1. The van der Waals surface area contributed by atoms with Crippen LogP contribution in [0.5, 0.6) is 5.75 Å². The number of anilines is 1. The summed E-state index contributed by atoms with van der Waals surface area (Å²) < 4.78 is 48.0. The van der Waals surface area contributed by atoms with Crippen molar-refractivity contribution in [3.8, 4) is 5.75 Å². The van der Waals surface area contributed by atoms with E-state index in [-0.39, 0.29) is 29.2 Å². The Balaban J connectivity index is 1.75. The molecule has 4 rings (SSSR count). The molecule has 2 unspecified atom stereocenters. The molecule has 1 aromatic carbocycles. The molecule has 2 heterocycles. The summed E-state index contributed by atoms with van der Waals surface area (Å²) in [6.07, 6.45) is -2.18. The summed E-state index contributed by atoms with van der Waals surface area (Å²) in [5, 5.41) is 0.459. The van der Waals surface area contributed by atoms with Crippen molar-refractivity contribution in [2.24, 2.45) is 5.92 Å². The van der Waals surface area contributed by atoms with Crippen LogP contribution >= 0.6 is 11.8 Å². The first-order valence-electron chi connectivity index (χ1n) is 11.6. The Labute approximate surface area is 212 Å². The molecule has 1 aliphatic rings. The molecule has 0 radical (unpaired) electrons. The highest BCUT2D eigenvalue weighted by atomic mass is 32.2. The average molecular weight is 519 g/mol. The van der Waals surface area contributed by atoms with Gasteiger partial charge in [-0.2, -0.15) is 13.2 Å². The summed E-state index contributed by atoms with van der Waals surface area (Å²) in [7, 11) is 3.41. The van der Waals surface area contributed by atoms with E-state index in [2.05, 4.69) is 15.0 Å². The lowest BCUT2D eigenvalue weighted by molar-refractivity contribution is -0.139. The molecule has 192 valence electrons. The Morgan fingerprint density at radius 2 is 1.89 bits per heavy atom. The number of aromatic nitrogens is 3. The van der Waals surface area contributed by atoms with Gasteiger partial charge in [-0.3, -0.25) is 4.79 Å². The largest absolute Gasteiger partial charge is 0.497 e. The number of benzene rings is 1. The molecule has 1 aliphatic carbocycles. The third-order valence-corrected chi connectivity index (χ3v) is 7.31. The maximum atomic E-state index is 14.3. The second-order valence-corrected chi connectivity index (χ2v) is 10.0. The summed E-state index contributed by atoms with van der Waals surface area (Å²) in [4.78, 5) is 26.3. The van der Waals surface area contributed by atoms with E-state index in [1.807, 2.05) is 43.1 Å². The zero-order chi connectivity index (χ0) is 26.2. The van der Waals surface area contributed by atoms with Gasteiger partial charge in [0.25, 0.3) is 5.56 Å². The van der Waals surface area contributed by atoms with Crippen molar-refractivity contribution in [3.63, 3.8) is 0 Å². The first kappa shape index (κ1) is 26.1. The van der Waals surface area contributed by atoms with Crippen LogP contribution in [0, 0.1) is 12.8 Å². The molecular formula is C26H29F3N4O2S. The quantitative estimate of drug-likeness (QED) is 0.349. The first-order chi connectivity index (χ1) is 17.0. The normalized spacial score (nSPS) is 17.6. The lowest BCUT2D eigenvalue weighted by atomic mass is 9.75. The van der Waals surface area contributed by atoms with E-state index < -0.39 is 17.7 Å². The van der Waals surface area contributed by atoms with E-state index in [9.17, 15) is 18.0 Å². The van der Waals surface area contributed by atoms with Gasteiger partial charge in [-0.05, 0) is 61.3 Å². The van der Waals surface area contributed by atoms with Crippen LogP contribution < -0.4 is 15.2 Å². The summed E-state index contributed by atoms with van der Waals surface area (Å²) in [6.45, 7) is 3.83. The van der Waals surface area contributed by atoms with Crippen LogP contribution in [0.4, 0.5) is 19.0 Å². The van der Waals surface area contributed by atoms with E-state index in [0.29, 0.717) is 35.2 Å².